The molecule has 5 nitrogen and oxygen atoms in total. The molecule has 0 unspecified atom stereocenters. The second-order valence-corrected chi connectivity index (χ2v) is 10.2. The van der Waals surface area contributed by atoms with Crippen molar-refractivity contribution in [3.8, 4) is 0 Å². The molecule has 0 bridgehead atoms. The largest absolute Gasteiger partial charge is 0.368 e. The van der Waals surface area contributed by atoms with Crippen molar-refractivity contribution in [2.45, 2.75) is 29.2 Å². The maximum Gasteiger partial charge on any atom is 0.177 e. The van der Waals surface area contributed by atoms with Crippen LogP contribution in [0.3, 0.4) is 0 Å². The van der Waals surface area contributed by atoms with E-state index in [-0.39, 0.29) is 15.3 Å². The van der Waals surface area contributed by atoms with Crippen LogP contribution in [0.5, 0.6) is 0 Å². The molecule has 0 saturated carbocycles. The number of hydrogen-bond acceptors (Lipinski definition) is 5. The summed E-state index contributed by atoms with van der Waals surface area (Å²) < 4.78 is 47.3. The zero-order valence-electron chi connectivity index (χ0n) is 12.7. The van der Waals surface area contributed by atoms with E-state index in [0.717, 1.165) is 12.5 Å². The van der Waals surface area contributed by atoms with Gasteiger partial charge in [-0.15, -0.1) is 0 Å². The second-order valence-electron chi connectivity index (χ2n) is 5.68. The fourth-order valence-corrected chi connectivity index (χ4v) is 3.74. The van der Waals surface area contributed by atoms with Gasteiger partial charge in [0.15, 0.2) is 19.7 Å². The predicted molar refractivity (Wildman–Crippen MR) is 88.9 cm³/mol. The van der Waals surface area contributed by atoms with E-state index in [0.29, 0.717) is 11.0 Å². The van der Waals surface area contributed by atoms with Crippen molar-refractivity contribution in [1.29, 1.82) is 0 Å². The minimum atomic E-state index is -3.55. The van der Waals surface area contributed by atoms with E-state index in [1.54, 1.807) is 7.05 Å². The Labute approximate surface area is 135 Å². The molecule has 120 valence electrons. The topological polar surface area (TPSA) is 71.5 Å². The molecule has 0 aromatic heterocycles. The molecule has 0 radical (unpaired) electrons. The van der Waals surface area contributed by atoms with Gasteiger partial charge in [-0.05, 0) is 32.0 Å². The maximum absolute atomic E-state index is 12.0. The number of halogens is 1. The number of benzene rings is 1. The lowest BCUT2D eigenvalue weighted by molar-refractivity contribution is 0.547. The van der Waals surface area contributed by atoms with Gasteiger partial charge >= 0.3 is 0 Å². The average molecular weight is 398 g/mol. The van der Waals surface area contributed by atoms with Gasteiger partial charge in [-0.3, -0.25) is 0 Å². The Bertz CT molecular complexity index is 739. The van der Waals surface area contributed by atoms with Crippen LogP contribution in [-0.2, 0) is 19.7 Å². The van der Waals surface area contributed by atoms with Crippen LogP contribution in [0.25, 0.3) is 0 Å². The van der Waals surface area contributed by atoms with Gasteiger partial charge in [-0.1, -0.05) is 15.9 Å². The molecule has 0 aliphatic heterocycles. The summed E-state index contributed by atoms with van der Waals surface area (Å²) in [6.07, 6.45) is 2.13. The molecule has 0 N–H and O–H groups in total. The molecule has 0 atom stereocenters. The molecule has 0 saturated heterocycles. The first-order valence-electron chi connectivity index (χ1n) is 6.14. The molecular weight excluding hydrogens is 378 g/mol. The molecule has 21 heavy (non-hydrogen) atoms. The maximum atomic E-state index is 12.0. The van der Waals surface area contributed by atoms with Crippen LogP contribution in [-0.4, -0.2) is 47.3 Å². The summed E-state index contributed by atoms with van der Waals surface area (Å²) in [4.78, 5) is 1.84. The highest BCUT2D eigenvalue weighted by atomic mass is 79.9. The first-order valence-corrected chi connectivity index (χ1v) is 11.0. The van der Waals surface area contributed by atoms with Crippen molar-refractivity contribution < 1.29 is 16.8 Å². The van der Waals surface area contributed by atoms with E-state index < -0.39 is 19.7 Å². The van der Waals surface area contributed by atoms with Crippen LogP contribution in [0.15, 0.2) is 28.0 Å². The summed E-state index contributed by atoms with van der Waals surface area (Å²) in [6.45, 7) is 3.91. The third-order valence-corrected chi connectivity index (χ3v) is 6.96. The fourth-order valence-electron chi connectivity index (χ4n) is 1.71. The van der Waals surface area contributed by atoms with Crippen molar-refractivity contribution in [3.63, 3.8) is 0 Å². The van der Waals surface area contributed by atoms with E-state index in [4.69, 9.17) is 0 Å². The molecule has 0 aliphatic rings. The molecule has 0 amide bonds. The molecule has 8 heteroatoms. The molecular formula is C13H20BrNO4S2. The van der Waals surface area contributed by atoms with Crippen molar-refractivity contribution in [3.05, 3.63) is 18.2 Å². The van der Waals surface area contributed by atoms with Gasteiger partial charge in [0.2, 0.25) is 0 Å². The summed E-state index contributed by atoms with van der Waals surface area (Å²) in [5.41, 5.74) is 0.154. The van der Waals surface area contributed by atoms with Crippen LogP contribution in [0.1, 0.15) is 13.8 Å². The van der Waals surface area contributed by atoms with Crippen molar-refractivity contribution in [1.82, 2.24) is 0 Å². The third kappa shape index (κ3) is 4.20. The smallest absolute Gasteiger partial charge is 0.177 e. The number of sulfone groups is 2. The number of anilines is 1. The molecule has 0 aliphatic carbocycles. The van der Waals surface area contributed by atoms with Crippen molar-refractivity contribution in [2.24, 2.45) is 0 Å². The van der Waals surface area contributed by atoms with Gasteiger partial charge in [0.05, 0.1) is 15.5 Å². The van der Waals surface area contributed by atoms with Crippen LogP contribution in [0.4, 0.5) is 5.69 Å². The average Bonchev–Trinajstić information content (AvgIpc) is 2.35. The number of alkyl halides is 1. The Balaban J connectivity index is 3.62. The second kappa shape index (κ2) is 5.89. The number of rotatable bonds is 5. The zero-order chi connectivity index (χ0) is 16.6. The van der Waals surface area contributed by atoms with Crippen LogP contribution in [0, 0.1) is 0 Å². The van der Waals surface area contributed by atoms with E-state index in [2.05, 4.69) is 15.9 Å². The minimum Gasteiger partial charge on any atom is -0.368 e. The van der Waals surface area contributed by atoms with Crippen molar-refractivity contribution >= 4 is 41.3 Å². The summed E-state index contributed by atoms with van der Waals surface area (Å²) in [5.74, 6) is 0. The van der Waals surface area contributed by atoms with Gasteiger partial charge in [-0.2, -0.15) is 0 Å². The van der Waals surface area contributed by atoms with E-state index in [9.17, 15) is 16.8 Å². The Kier molecular flexibility index (Phi) is 5.17. The predicted octanol–water partition coefficient (Wildman–Crippen LogP) is 2.10. The monoisotopic (exact) mass is 397 g/mol. The van der Waals surface area contributed by atoms with Crippen LogP contribution in [0.2, 0.25) is 0 Å². The first-order chi connectivity index (χ1) is 9.30. The Morgan fingerprint density at radius 3 is 2.00 bits per heavy atom. The summed E-state index contributed by atoms with van der Waals surface area (Å²) in [5, 5.41) is 0.632. The standard InChI is InChI=1S/C13H20BrNO4S2/c1-13(2,9-14)15(3)11-7-6-10(20(4,16)17)8-12(11)21(5,18)19/h6-8H,9H2,1-5H3. The van der Waals surface area contributed by atoms with Gasteiger partial charge in [-0.25, -0.2) is 16.8 Å². The third-order valence-electron chi connectivity index (χ3n) is 3.36. The number of nitrogens with zero attached hydrogens (tertiary/aromatic N) is 1. The lowest BCUT2D eigenvalue weighted by atomic mass is 10.1. The van der Waals surface area contributed by atoms with Crippen LogP contribution >= 0.6 is 15.9 Å². The summed E-state index contributed by atoms with van der Waals surface area (Å²) >= 11 is 3.40. The molecule has 0 fully saturated rings. The highest BCUT2D eigenvalue weighted by Crippen LogP contribution is 2.32. The lowest BCUT2D eigenvalue weighted by Crippen LogP contribution is -2.43. The highest BCUT2D eigenvalue weighted by molar-refractivity contribution is 9.09. The molecule has 1 aromatic carbocycles. The summed E-state index contributed by atoms with van der Waals surface area (Å²) in [6, 6.07) is 4.19. The van der Waals surface area contributed by atoms with Crippen LogP contribution < -0.4 is 4.90 Å². The molecule has 1 rings (SSSR count). The normalized spacial score (nSPS) is 13.2. The van der Waals surface area contributed by atoms with Crippen molar-refractivity contribution in [2.75, 3.05) is 29.8 Å². The quantitative estimate of drug-likeness (QED) is 0.711. The number of hydrogen-bond donors (Lipinski definition) is 0. The molecule has 0 spiro atoms. The van der Waals surface area contributed by atoms with E-state index in [1.165, 1.54) is 18.2 Å². The van der Waals surface area contributed by atoms with Gasteiger partial charge in [0.25, 0.3) is 0 Å². The molecule has 0 heterocycles. The fraction of sp³-hybridized carbons (Fsp3) is 0.538. The van der Waals surface area contributed by atoms with Gasteiger partial charge < -0.3 is 4.90 Å². The Morgan fingerprint density at radius 2 is 1.62 bits per heavy atom. The zero-order valence-corrected chi connectivity index (χ0v) is 15.9. The SMILES string of the molecule is CN(c1ccc(S(C)(=O)=O)cc1S(C)(=O)=O)C(C)(C)CBr. The Hall–Kier alpha value is -0.600. The van der Waals surface area contributed by atoms with Gasteiger partial charge in [0, 0.05) is 30.4 Å². The molecule has 1 aromatic rings. The highest BCUT2D eigenvalue weighted by Gasteiger charge is 2.27. The van der Waals surface area contributed by atoms with E-state index >= 15 is 0 Å². The minimum absolute atomic E-state index is 0.00303. The van der Waals surface area contributed by atoms with E-state index in [1.807, 2.05) is 18.7 Å². The lowest BCUT2D eigenvalue weighted by Gasteiger charge is -2.37. The summed E-state index contributed by atoms with van der Waals surface area (Å²) in [7, 11) is -5.23. The first kappa shape index (κ1) is 18.4. The van der Waals surface area contributed by atoms with Gasteiger partial charge in [0.1, 0.15) is 0 Å². The Morgan fingerprint density at radius 1 is 1.10 bits per heavy atom.